The van der Waals surface area contributed by atoms with E-state index < -0.39 is 11.9 Å². The van der Waals surface area contributed by atoms with Crippen LogP contribution in [0.5, 0.6) is 0 Å². The molecule has 1 atom stereocenters. The number of carbonyl (C=O) groups excluding carboxylic acids is 1. The lowest BCUT2D eigenvalue weighted by Gasteiger charge is -2.37. The van der Waals surface area contributed by atoms with Crippen molar-refractivity contribution < 1.29 is 14.7 Å². The van der Waals surface area contributed by atoms with Crippen LogP contribution in [0, 0.1) is 5.92 Å². The topological polar surface area (TPSA) is 60.9 Å². The minimum Gasteiger partial charge on any atom is -0.481 e. The van der Waals surface area contributed by atoms with Crippen molar-refractivity contribution >= 4 is 11.9 Å². The summed E-state index contributed by atoms with van der Waals surface area (Å²) in [4.78, 5) is 27.0. The number of hydrogen-bond donors (Lipinski definition) is 1. The Balaban J connectivity index is 2.64. The molecule has 1 heterocycles. The standard InChI is InChI=1S/C14H26N2O3/c1-11(13(18)19)9-16(14(2,3)4)10-12(17)15-7-5-6-8-15/h11H,5-10H2,1-4H3,(H,18,19). The largest absolute Gasteiger partial charge is 0.481 e. The number of rotatable bonds is 5. The van der Waals surface area contributed by atoms with Crippen molar-refractivity contribution in [2.24, 2.45) is 5.92 Å². The minimum absolute atomic E-state index is 0.116. The summed E-state index contributed by atoms with van der Waals surface area (Å²) in [5, 5.41) is 9.02. The number of carbonyl (C=O) groups is 2. The van der Waals surface area contributed by atoms with E-state index in [2.05, 4.69) is 0 Å². The van der Waals surface area contributed by atoms with Gasteiger partial charge in [0.05, 0.1) is 12.5 Å². The van der Waals surface area contributed by atoms with E-state index in [1.807, 2.05) is 30.6 Å². The molecule has 0 spiro atoms. The Kier molecular flexibility index (Phi) is 5.35. The fraction of sp³-hybridized carbons (Fsp3) is 0.857. The van der Waals surface area contributed by atoms with Crippen molar-refractivity contribution in [1.82, 2.24) is 9.80 Å². The van der Waals surface area contributed by atoms with E-state index in [9.17, 15) is 9.59 Å². The first-order valence-corrected chi connectivity index (χ1v) is 6.97. The molecule has 5 nitrogen and oxygen atoms in total. The lowest BCUT2D eigenvalue weighted by Crippen LogP contribution is -2.50. The molecule has 1 aliphatic rings. The molecule has 1 saturated heterocycles. The second kappa shape index (κ2) is 6.37. The fourth-order valence-electron chi connectivity index (χ4n) is 2.21. The molecule has 0 bridgehead atoms. The lowest BCUT2D eigenvalue weighted by molar-refractivity contribution is -0.143. The molecule has 1 fully saturated rings. The van der Waals surface area contributed by atoms with Crippen molar-refractivity contribution in [3.05, 3.63) is 0 Å². The van der Waals surface area contributed by atoms with Crippen molar-refractivity contribution in [3.8, 4) is 0 Å². The van der Waals surface area contributed by atoms with Crippen LogP contribution in [-0.4, -0.2) is 58.5 Å². The average Bonchev–Trinajstić information content (AvgIpc) is 2.79. The van der Waals surface area contributed by atoms with Crippen LogP contribution in [0.15, 0.2) is 0 Å². The van der Waals surface area contributed by atoms with Crippen LogP contribution in [0.1, 0.15) is 40.5 Å². The first kappa shape index (κ1) is 16.0. The van der Waals surface area contributed by atoms with Crippen LogP contribution < -0.4 is 0 Å². The summed E-state index contributed by atoms with van der Waals surface area (Å²) in [5.41, 5.74) is -0.209. The summed E-state index contributed by atoms with van der Waals surface area (Å²) in [6, 6.07) is 0. The molecule has 0 aromatic rings. The maximum Gasteiger partial charge on any atom is 0.307 e. The van der Waals surface area contributed by atoms with E-state index in [4.69, 9.17) is 5.11 Å². The highest BCUT2D eigenvalue weighted by molar-refractivity contribution is 5.78. The molecular weight excluding hydrogens is 244 g/mol. The van der Waals surface area contributed by atoms with Gasteiger partial charge in [0.1, 0.15) is 0 Å². The molecule has 0 radical (unpaired) electrons. The van der Waals surface area contributed by atoms with E-state index in [0.29, 0.717) is 13.1 Å². The van der Waals surface area contributed by atoms with Gasteiger partial charge in [-0.2, -0.15) is 0 Å². The first-order valence-electron chi connectivity index (χ1n) is 6.97. The number of nitrogens with zero attached hydrogens (tertiary/aromatic N) is 2. The molecule has 19 heavy (non-hydrogen) atoms. The second-order valence-electron chi connectivity index (χ2n) is 6.38. The van der Waals surface area contributed by atoms with Crippen LogP contribution in [-0.2, 0) is 9.59 Å². The zero-order valence-corrected chi connectivity index (χ0v) is 12.5. The van der Waals surface area contributed by atoms with Gasteiger partial charge in [-0.15, -0.1) is 0 Å². The number of likely N-dealkylation sites (tertiary alicyclic amines) is 1. The monoisotopic (exact) mass is 270 g/mol. The molecule has 1 rings (SSSR count). The van der Waals surface area contributed by atoms with Crippen LogP contribution in [0.2, 0.25) is 0 Å². The average molecular weight is 270 g/mol. The SMILES string of the molecule is CC(CN(CC(=O)N1CCCC1)C(C)(C)C)C(=O)O. The highest BCUT2D eigenvalue weighted by Gasteiger charge is 2.29. The van der Waals surface area contributed by atoms with E-state index >= 15 is 0 Å². The molecule has 5 heteroatoms. The van der Waals surface area contributed by atoms with Crippen molar-refractivity contribution in [1.29, 1.82) is 0 Å². The number of amides is 1. The van der Waals surface area contributed by atoms with Crippen LogP contribution in [0.25, 0.3) is 0 Å². The van der Waals surface area contributed by atoms with Gasteiger partial charge in [-0.05, 0) is 33.6 Å². The number of carboxylic acid groups (broad SMARTS) is 1. The number of hydrogen-bond acceptors (Lipinski definition) is 3. The van der Waals surface area contributed by atoms with Gasteiger partial charge in [-0.1, -0.05) is 6.92 Å². The smallest absolute Gasteiger partial charge is 0.307 e. The summed E-state index contributed by atoms with van der Waals surface area (Å²) >= 11 is 0. The van der Waals surface area contributed by atoms with Gasteiger partial charge < -0.3 is 10.0 Å². The molecule has 0 aromatic heterocycles. The molecular formula is C14H26N2O3. The van der Waals surface area contributed by atoms with Gasteiger partial charge in [-0.3, -0.25) is 14.5 Å². The lowest BCUT2D eigenvalue weighted by atomic mass is 10.0. The van der Waals surface area contributed by atoms with Gasteiger partial charge in [0.15, 0.2) is 0 Å². The van der Waals surface area contributed by atoms with Crippen molar-refractivity contribution in [3.63, 3.8) is 0 Å². The number of aliphatic carboxylic acids is 1. The highest BCUT2D eigenvalue weighted by atomic mass is 16.4. The van der Waals surface area contributed by atoms with Gasteiger partial charge >= 0.3 is 5.97 Å². The Hall–Kier alpha value is -1.10. The molecule has 0 aromatic carbocycles. The van der Waals surface area contributed by atoms with Crippen molar-refractivity contribution in [2.75, 3.05) is 26.2 Å². The quantitative estimate of drug-likeness (QED) is 0.821. The Morgan fingerprint density at radius 2 is 1.79 bits per heavy atom. The predicted molar refractivity (Wildman–Crippen MR) is 73.9 cm³/mol. The fourth-order valence-corrected chi connectivity index (χ4v) is 2.21. The second-order valence-corrected chi connectivity index (χ2v) is 6.38. The summed E-state index contributed by atoms with van der Waals surface area (Å²) < 4.78 is 0. The minimum atomic E-state index is -0.817. The summed E-state index contributed by atoms with van der Waals surface area (Å²) in [6.45, 7) is 10.1. The molecule has 1 amide bonds. The maximum absolute atomic E-state index is 12.2. The zero-order valence-electron chi connectivity index (χ0n) is 12.5. The highest BCUT2D eigenvalue weighted by Crippen LogP contribution is 2.17. The van der Waals surface area contributed by atoms with Crippen LogP contribution in [0.4, 0.5) is 0 Å². The third kappa shape index (κ3) is 4.82. The molecule has 0 saturated carbocycles. The van der Waals surface area contributed by atoms with Gasteiger partial charge in [-0.25, -0.2) is 0 Å². The normalized spacial score (nSPS) is 17.8. The van der Waals surface area contributed by atoms with Crippen LogP contribution in [0.3, 0.4) is 0 Å². The molecule has 110 valence electrons. The maximum atomic E-state index is 12.2. The van der Waals surface area contributed by atoms with E-state index in [1.165, 1.54) is 0 Å². The Morgan fingerprint density at radius 3 is 2.21 bits per heavy atom. The summed E-state index contributed by atoms with van der Waals surface area (Å²) in [7, 11) is 0. The molecule has 1 unspecified atom stereocenters. The van der Waals surface area contributed by atoms with E-state index in [0.717, 1.165) is 25.9 Å². The predicted octanol–water partition coefficient (Wildman–Crippen LogP) is 1.43. The first-order chi connectivity index (χ1) is 8.71. The Labute approximate surface area is 115 Å². The van der Waals surface area contributed by atoms with Crippen LogP contribution >= 0.6 is 0 Å². The van der Waals surface area contributed by atoms with Gasteiger partial charge in [0.2, 0.25) is 5.91 Å². The van der Waals surface area contributed by atoms with Crippen molar-refractivity contribution in [2.45, 2.75) is 46.1 Å². The third-order valence-electron chi connectivity index (χ3n) is 3.65. The van der Waals surface area contributed by atoms with Gasteiger partial charge in [0, 0.05) is 25.2 Å². The van der Waals surface area contributed by atoms with Gasteiger partial charge in [0.25, 0.3) is 0 Å². The summed E-state index contributed by atoms with van der Waals surface area (Å²) in [5.74, 6) is -1.17. The Bertz CT molecular complexity index is 330. The molecule has 1 aliphatic heterocycles. The number of carboxylic acids is 1. The Morgan fingerprint density at radius 1 is 1.26 bits per heavy atom. The molecule has 0 aliphatic carbocycles. The summed E-state index contributed by atoms with van der Waals surface area (Å²) in [6.07, 6.45) is 2.15. The third-order valence-corrected chi connectivity index (χ3v) is 3.65. The van der Waals surface area contributed by atoms with E-state index in [-0.39, 0.29) is 11.4 Å². The van der Waals surface area contributed by atoms with E-state index in [1.54, 1.807) is 6.92 Å². The molecule has 1 N–H and O–H groups in total. The zero-order chi connectivity index (χ0) is 14.6.